The average Bonchev–Trinajstić information content (AvgIpc) is 3.35. The summed E-state index contributed by atoms with van der Waals surface area (Å²) in [4.78, 5) is 28.1. The zero-order chi connectivity index (χ0) is 19.3. The number of hydrogen-bond acceptors (Lipinski definition) is 8. The van der Waals surface area contributed by atoms with Crippen LogP contribution in [0.3, 0.4) is 0 Å². The highest BCUT2D eigenvalue weighted by atomic mass is 16.7. The van der Waals surface area contributed by atoms with Gasteiger partial charge in [0.1, 0.15) is 5.82 Å². The van der Waals surface area contributed by atoms with Crippen LogP contribution in [0, 0.1) is 0 Å². The summed E-state index contributed by atoms with van der Waals surface area (Å²) in [5.74, 6) is 1.68. The zero-order valence-electron chi connectivity index (χ0n) is 15.6. The van der Waals surface area contributed by atoms with Crippen LogP contribution in [0.4, 0.5) is 22.4 Å². The Labute approximate surface area is 161 Å². The second kappa shape index (κ2) is 8.12. The molecule has 3 aromatic rings. The third-order valence-corrected chi connectivity index (χ3v) is 4.55. The SMILES string of the molecule is CCOC(=O)Oc1cnc(Nc2ccc3[nH]ccc3n2)nc1NC1CCCC1. The predicted octanol–water partition coefficient (Wildman–Crippen LogP) is 3.99. The number of anilines is 3. The molecule has 28 heavy (non-hydrogen) atoms. The molecule has 9 nitrogen and oxygen atoms in total. The predicted molar refractivity (Wildman–Crippen MR) is 105 cm³/mol. The van der Waals surface area contributed by atoms with Gasteiger partial charge >= 0.3 is 6.16 Å². The minimum absolute atomic E-state index is 0.234. The molecule has 0 atom stereocenters. The van der Waals surface area contributed by atoms with Crippen molar-refractivity contribution in [3.63, 3.8) is 0 Å². The molecule has 3 heterocycles. The monoisotopic (exact) mass is 382 g/mol. The smallest absolute Gasteiger partial charge is 0.434 e. The van der Waals surface area contributed by atoms with Gasteiger partial charge in [-0.15, -0.1) is 0 Å². The molecule has 146 valence electrons. The molecule has 0 aliphatic heterocycles. The first-order valence-corrected chi connectivity index (χ1v) is 9.40. The van der Waals surface area contributed by atoms with Crippen LogP contribution >= 0.6 is 0 Å². The van der Waals surface area contributed by atoms with E-state index in [1.807, 2.05) is 24.4 Å². The highest BCUT2D eigenvalue weighted by Gasteiger charge is 2.20. The van der Waals surface area contributed by atoms with Gasteiger partial charge in [0, 0.05) is 12.2 Å². The van der Waals surface area contributed by atoms with Gasteiger partial charge in [0.05, 0.1) is 23.8 Å². The minimum atomic E-state index is -0.777. The molecule has 0 saturated heterocycles. The first-order chi connectivity index (χ1) is 13.7. The molecule has 3 aromatic heterocycles. The van der Waals surface area contributed by atoms with E-state index in [1.165, 1.54) is 19.0 Å². The van der Waals surface area contributed by atoms with Crippen LogP contribution in [0.1, 0.15) is 32.6 Å². The molecule has 4 rings (SSSR count). The molecule has 1 saturated carbocycles. The van der Waals surface area contributed by atoms with Crippen LogP contribution in [0.15, 0.2) is 30.6 Å². The van der Waals surface area contributed by atoms with Gasteiger partial charge in [-0.05, 0) is 38.0 Å². The van der Waals surface area contributed by atoms with E-state index in [4.69, 9.17) is 9.47 Å². The van der Waals surface area contributed by atoms with Crippen molar-refractivity contribution in [3.05, 3.63) is 30.6 Å². The fourth-order valence-electron chi connectivity index (χ4n) is 3.23. The third kappa shape index (κ3) is 4.13. The van der Waals surface area contributed by atoms with E-state index >= 15 is 0 Å². The number of carbonyl (C=O) groups is 1. The molecule has 1 aliphatic carbocycles. The van der Waals surface area contributed by atoms with Crippen molar-refractivity contribution in [2.45, 2.75) is 38.6 Å². The molecule has 0 radical (unpaired) electrons. The molecule has 9 heteroatoms. The largest absolute Gasteiger partial charge is 0.514 e. The van der Waals surface area contributed by atoms with Gasteiger partial charge in [-0.25, -0.2) is 14.8 Å². The van der Waals surface area contributed by atoms with Crippen LogP contribution in [0.2, 0.25) is 0 Å². The van der Waals surface area contributed by atoms with E-state index < -0.39 is 6.16 Å². The second-order valence-corrected chi connectivity index (χ2v) is 6.55. The fourth-order valence-corrected chi connectivity index (χ4v) is 3.23. The quantitative estimate of drug-likeness (QED) is 0.548. The molecule has 3 N–H and O–H groups in total. The Kier molecular flexibility index (Phi) is 5.22. The van der Waals surface area contributed by atoms with Gasteiger partial charge in [-0.1, -0.05) is 12.8 Å². The number of rotatable bonds is 6. The highest BCUT2D eigenvalue weighted by Crippen LogP contribution is 2.29. The van der Waals surface area contributed by atoms with E-state index in [2.05, 4.69) is 30.6 Å². The van der Waals surface area contributed by atoms with Crippen molar-refractivity contribution in [2.75, 3.05) is 17.2 Å². The molecular weight excluding hydrogens is 360 g/mol. The first kappa shape index (κ1) is 18.0. The molecule has 0 aromatic carbocycles. The molecule has 0 unspecified atom stereocenters. The van der Waals surface area contributed by atoms with Gasteiger partial charge in [0.2, 0.25) is 5.95 Å². The van der Waals surface area contributed by atoms with Crippen molar-refractivity contribution in [1.29, 1.82) is 0 Å². The third-order valence-electron chi connectivity index (χ3n) is 4.55. The highest BCUT2D eigenvalue weighted by molar-refractivity contribution is 5.77. The molecule has 0 bridgehead atoms. The van der Waals surface area contributed by atoms with Gasteiger partial charge in [0.25, 0.3) is 0 Å². The number of H-pyrrole nitrogens is 1. The Balaban J connectivity index is 1.57. The number of aromatic nitrogens is 4. The Bertz CT molecular complexity index is 967. The maximum Gasteiger partial charge on any atom is 0.514 e. The number of fused-ring (bicyclic) bond motifs is 1. The maximum atomic E-state index is 11.7. The van der Waals surface area contributed by atoms with Crippen molar-refractivity contribution in [1.82, 2.24) is 19.9 Å². The van der Waals surface area contributed by atoms with Crippen LogP contribution in [-0.4, -0.2) is 38.7 Å². The van der Waals surface area contributed by atoms with Crippen molar-refractivity contribution >= 4 is 34.8 Å². The summed E-state index contributed by atoms with van der Waals surface area (Å²) in [6.45, 7) is 1.95. The van der Waals surface area contributed by atoms with E-state index in [9.17, 15) is 4.79 Å². The lowest BCUT2D eigenvalue weighted by atomic mass is 10.2. The Morgan fingerprint density at radius 1 is 1.25 bits per heavy atom. The average molecular weight is 382 g/mol. The van der Waals surface area contributed by atoms with Gasteiger partial charge in [-0.2, -0.15) is 4.98 Å². The van der Waals surface area contributed by atoms with Crippen molar-refractivity contribution in [3.8, 4) is 5.75 Å². The summed E-state index contributed by atoms with van der Waals surface area (Å²) >= 11 is 0. The summed E-state index contributed by atoms with van der Waals surface area (Å²) in [6.07, 6.45) is 6.96. The Hall–Kier alpha value is -3.36. The van der Waals surface area contributed by atoms with Gasteiger partial charge in [0.15, 0.2) is 11.6 Å². The molecule has 1 aliphatic rings. The van der Waals surface area contributed by atoms with Crippen molar-refractivity contribution < 1.29 is 14.3 Å². The van der Waals surface area contributed by atoms with E-state index in [-0.39, 0.29) is 12.4 Å². The summed E-state index contributed by atoms with van der Waals surface area (Å²) in [5, 5.41) is 6.46. The number of nitrogens with zero attached hydrogens (tertiary/aromatic N) is 3. The number of carbonyl (C=O) groups excluding carboxylic acids is 1. The first-order valence-electron chi connectivity index (χ1n) is 9.40. The van der Waals surface area contributed by atoms with Crippen LogP contribution < -0.4 is 15.4 Å². The second-order valence-electron chi connectivity index (χ2n) is 6.55. The minimum Gasteiger partial charge on any atom is -0.434 e. The number of ether oxygens (including phenoxy) is 2. The lowest BCUT2D eigenvalue weighted by Crippen LogP contribution is -2.19. The van der Waals surface area contributed by atoms with Crippen LogP contribution in [0.5, 0.6) is 5.75 Å². The maximum absolute atomic E-state index is 11.7. The van der Waals surface area contributed by atoms with E-state index in [1.54, 1.807) is 6.92 Å². The van der Waals surface area contributed by atoms with Gasteiger partial charge in [-0.3, -0.25) is 0 Å². The molecule has 1 fully saturated rings. The van der Waals surface area contributed by atoms with Gasteiger partial charge < -0.3 is 25.1 Å². The zero-order valence-corrected chi connectivity index (χ0v) is 15.6. The van der Waals surface area contributed by atoms with Crippen molar-refractivity contribution in [2.24, 2.45) is 0 Å². The Morgan fingerprint density at radius 3 is 2.93 bits per heavy atom. The summed E-state index contributed by atoms with van der Waals surface area (Å²) in [5.41, 5.74) is 1.80. The number of aromatic amines is 1. The van der Waals surface area contributed by atoms with E-state index in [0.29, 0.717) is 23.6 Å². The molecule has 0 spiro atoms. The molecule has 0 amide bonds. The lowest BCUT2D eigenvalue weighted by Gasteiger charge is -2.16. The standard InChI is InChI=1S/C19H22N6O3/c1-2-27-19(26)28-15-11-21-18(25-17(15)22-12-5-3-4-6-12)24-16-8-7-13-14(23-16)9-10-20-13/h7-12,20H,2-6H2,1H3,(H2,21,22,23,24,25). The summed E-state index contributed by atoms with van der Waals surface area (Å²) in [7, 11) is 0. The normalized spacial score (nSPS) is 14.2. The lowest BCUT2D eigenvalue weighted by molar-refractivity contribution is 0.104. The number of hydrogen-bond donors (Lipinski definition) is 3. The molecular formula is C19H22N6O3. The van der Waals surface area contributed by atoms with Crippen LogP contribution in [0.25, 0.3) is 11.0 Å². The summed E-state index contributed by atoms with van der Waals surface area (Å²) < 4.78 is 10.1. The fraction of sp³-hybridized carbons (Fsp3) is 0.368. The van der Waals surface area contributed by atoms with E-state index in [0.717, 1.165) is 23.9 Å². The number of pyridine rings is 1. The summed E-state index contributed by atoms with van der Waals surface area (Å²) in [6, 6.07) is 5.96. The topological polar surface area (TPSA) is 114 Å². The Morgan fingerprint density at radius 2 is 2.11 bits per heavy atom. The number of nitrogens with one attached hydrogen (secondary N) is 3. The van der Waals surface area contributed by atoms with Crippen LogP contribution in [-0.2, 0) is 4.74 Å².